The van der Waals surface area contributed by atoms with Crippen LogP contribution in [0.2, 0.25) is 0 Å². The molecule has 0 radical (unpaired) electrons. The highest BCUT2D eigenvalue weighted by atomic mass is 16.7. The van der Waals surface area contributed by atoms with E-state index in [0.29, 0.717) is 25.2 Å². The van der Waals surface area contributed by atoms with Crippen LogP contribution in [0.1, 0.15) is 80.1 Å². The van der Waals surface area contributed by atoms with Crippen LogP contribution in [0, 0.1) is 23.2 Å². The van der Waals surface area contributed by atoms with Crippen LogP contribution in [0.15, 0.2) is 23.8 Å². The second-order valence-electron chi connectivity index (χ2n) is 11.5. The fourth-order valence-corrected chi connectivity index (χ4v) is 5.60. The standard InChI is InChI=1S/C28H44O7/c1-8-27(3,4)26(31)33-23-14-19(29)13-18-10-9-17(2)22(25(18)23)12-11-20-15-21(16-24(30)32-7)35-28(5,6)34-20/h9-10,13,17,19-23,25,29H,8,11-12,14-16H2,1-7H3/t17-,19-,20+,21+,22-,23-,25-/m0/s1. The van der Waals surface area contributed by atoms with Crippen molar-refractivity contribution in [3.63, 3.8) is 0 Å². The molecule has 1 saturated heterocycles. The topological polar surface area (TPSA) is 91.3 Å². The third-order valence-electron chi connectivity index (χ3n) is 7.94. The van der Waals surface area contributed by atoms with E-state index in [4.69, 9.17) is 18.9 Å². The monoisotopic (exact) mass is 492 g/mol. The lowest BCUT2D eigenvalue weighted by Gasteiger charge is -2.44. The van der Waals surface area contributed by atoms with Crippen molar-refractivity contribution in [1.29, 1.82) is 0 Å². The largest absolute Gasteiger partial charge is 0.469 e. The van der Waals surface area contributed by atoms with Crippen LogP contribution in [0.4, 0.5) is 0 Å². The van der Waals surface area contributed by atoms with E-state index < -0.39 is 17.3 Å². The van der Waals surface area contributed by atoms with Crippen LogP contribution in [0.5, 0.6) is 0 Å². The summed E-state index contributed by atoms with van der Waals surface area (Å²) in [6.07, 6.45) is 8.54. The number of fused-ring (bicyclic) bond motifs is 1. The van der Waals surface area contributed by atoms with Crippen molar-refractivity contribution in [2.24, 2.45) is 23.2 Å². The third kappa shape index (κ3) is 6.95. The van der Waals surface area contributed by atoms with Gasteiger partial charge in [-0.05, 0) is 64.4 Å². The van der Waals surface area contributed by atoms with E-state index in [9.17, 15) is 14.7 Å². The molecular formula is C28H44O7. The zero-order chi connectivity index (χ0) is 26.0. The van der Waals surface area contributed by atoms with Crippen LogP contribution in [0.25, 0.3) is 0 Å². The molecule has 1 aliphatic heterocycles. The van der Waals surface area contributed by atoms with Gasteiger partial charge in [0.05, 0.1) is 37.3 Å². The summed E-state index contributed by atoms with van der Waals surface area (Å²) in [6.45, 7) is 11.8. The molecule has 0 saturated carbocycles. The van der Waals surface area contributed by atoms with Gasteiger partial charge in [0, 0.05) is 18.8 Å². The molecule has 0 amide bonds. The number of esters is 2. The summed E-state index contributed by atoms with van der Waals surface area (Å²) in [4.78, 5) is 24.8. The van der Waals surface area contributed by atoms with Gasteiger partial charge >= 0.3 is 11.9 Å². The van der Waals surface area contributed by atoms with Crippen molar-refractivity contribution in [3.8, 4) is 0 Å². The fourth-order valence-electron chi connectivity index (χ4n) is 5.60. The van der Waals surface area contributed by atoms with E-state index in [1.165, 1.54) is 7.11 Å². The lowest BCUT2D eigenvalue weighted by molar-refractivity contribution is -0.301. The Morgan fingerprint density at radius 3 is 2.51 bits per heavy atom. The molecule has 35 heavy (non-hydrogen) atoms. The maximum atomic E-state index is 12.9. The van der Waals surface area contributed by atoms with Gasteiger partial charge in [-0.15, -0.1) is 0 Å². The van der Waals surface area contributed by atoms with E-state index in [-0.39, 0.29) is 48.5 Å². The number of carbonyl (C=O) groups is 2. The van der Waals surface area contributed by atoms with E-state index in [1.54, 1.807) is 0 Å². The van der Waals surface area contributed by atoms with Gasteiger partial charge < -0.3 is 24.1 Å². The first kappa shape index (κ1) is 27.9. The normalized spacial score (nSPS) is 34.5. The second-order valence-corrected chi connectivity index (χ2v) is 11.5. The number of carbonyl (C=O) groups excluding carboxylic acids is 2. The fraction of sp³-hybridized carbons (Fsp3) is 0.786. The SMILES string of the molecule is CCC(C)(C)C(=O)O[C@H]1C[C@@H](O)C=C2C=C[C@H](C)[C@H](CC[C@@H]3C[C@H](CC(=O)OC)OC(C)(C)O3)[C@H]21. The zero-order valence-electron chi connectivity index (χ0n) is 22.4. The molecule has 0 aromatic carbocycles. The maximum absolute atomic E-state index is 12.9. The van der Waals surface area contributed by atoms with Crippen LogP contribution < -0.4 is 0 Å². The average molecular weight is 493 g/mol. The molecule has 7 heteroatoms. The van der Waals surface area contributed by atoms with E-state index in [1.807, 2.05) is 40.7 Å². The number of hydrogen-bond acceptors (Lipinski definition) is 7. The van der Waals surface area contributed by atoms with Crippen molar-refractivity contribution in [1.82, 2.24) is 0 Å². The quantitative estimate of drug-likeness (QED) is 0.490. The smallest absolute Gasteiger partial charge is 0.311 e. The van der Waals surface area contributed by atoms with Gasteiger partial charge in [0.1, 0.15) is 6.10 Å². The van der Waals surface area contributed by atoms with Gasteiger partial charge in [0.25, 0.3) is 0 Å². The number of aliphatic hydroxyl groups excluding tert-OH is 1. The summed E-state index contributed by atoms with van der Waals surface area (Å²) in [7, 11) is 1.39. The Kier molecular flexibility index (Phi) is 8.87. The van der Waals surface area contributed by atoms with Gasteiger partial charge in [-0.1, -0.05) is 32.1 Å². The van der Waals surface area contributed by atoms with E-state index in [0.717, 1.165) is 18.4 Å². The Morgan fingerprint density at radius 1 is 1.17 bits per heavy atom. The number of methoxy groups -OCH3 is 1. The van der Waals surface area contributed by atoms with Crippen LogP contribution in [-0.4, -0.2) is 54.4 Å². The second kappa shape index (κ2) is 11.1. The van der Waals surface area contributed by atoms with Crippen molar-refractivity contribution in [2.75, 3.05) is 7.11 Å². The number of aliphatic hydroxyl groups is 1. The minimum atomic E-state index is -0.774. The molecular weight excluding hydrogens is 448 g/mol. The van der Waals surface area contributed by atoms with Gasteiger partial charge in [-0.2, -0.15) is 0 Å². The highest BCUT2D eigenvalue weighted by molar-refractivity contribution is 5.76. The Bertz CT molecular complexity index is 827. The Balaban J connectivity index is 1.74. The van der Waals surface area contributed by atoms with Gasteiger partial charge in [0.2, 0.25) is 0 Å². The molecule has 7 nitrogen and oxygen atoms in total. The Hall–Kier alpha value is -1.70. The molecule has 0 unspecified atom stereocenters. The van der Waals surface area contributed by atoms with Gasteiger partial charge in [-0.25, -0.2) is 0 Å². The first-order valence-electron chi connectivity index (χ1n) is 13.1. The molecule has 7 atom stereocenters. The summed E-state index contributed by atoms with van der Waals surface area (Å²) in [5.41, 5.74) is 0.490. The lowest BCUT2D eigenvalue weighted by atomic mass is 9.66. The molecule has 0 spiro atoms. The maximum Gasteiger partial charge on any atom is 0.311 e. The average Bonchev–Trinajstić information content (AvgIpc) is 2.77. The highest BCUT2D eigenvalue weighted by Gasteiger charge is 2.44. The minimum absolute atomic E-state index is 0.0359. The summed E-state index contributed by atoms with van der Waals surface area (Å²) < 4.78 is 23.1. The van der Waals surface area contributed by atoms with Gasteiger partial charge in [0.15, 0.2) is 5.79 Å². The Morgan fingerprint density at radius 2 is 1.86 bits per heavy atom. The van der Waals surface area contributed by atoms with Crippen molar-refractivity contribution < 1.29 is 33.6 Å². The van der Waals surface area contributed by atoms with Crippen molar-refractivity contribution in [3.05, 3.63) is 23.8 Å². The molecule has 1 N–H and O–H groups in total. The van der Waals surface area contributed by atoms with E-state index in [2.05, 4.69) is 19.1 Å². The molecule has 2 aliphatic carbocycles. The molecule has 3 rings (SSSR count). The highest BCUT2D eigenvalue weighted by Crippen LogP contribution is 2.45. The summed E-state index contributed by atoms with van der Waals surface area (Å²) in [5, 5.41) is 10.5. The first-order valence-corrected chi connectivity index (χ1v) is 13.1. The molecule has 1 fully saturated rings. The molecule has 0 aromatic heterocycles. The third-order valence-corrected chi connectivity index (χ3v) is 7.94. The zero-order valence-corrected chi connectivity index (χ0v) is 22.4. The lowest BCUT2D eigenvalue weighted by Crippen LogP contribution is -2.46. The summed E-state index contributed by atoms with van der Waals surface area (Å²) in [6, 6.07) is 0. The molecule has 1 heterocycles. The number of allylic oxidation sites excluding steroid dienone is 2. The van der Waals surface area contributed by atoms with Crippen LogP contribution >= 0.6 is 0 Å². The Labute approximate surface area is 210 Å². The predicted molar refractivity (Wildman–Crippen MR) is 132 cm³/mol. The van der Waals surface area contributed by atoms with Gasteiger partial charge in [-0.3, -0.25) is 9.59 Å². The molecule has 0 bridgehead atoms. The number of ether oxygens (including phenoxy) is 4. The summed E-state index contributed by atoms with van der Waals surface area (Å²) in [5.74, 6) is -0.689. The van der Waals surface area contributed by atoms with Crippen molar-refractivity contribution in [2.45, 2.75) is 110 Å². The summed E-state index contributed by atoms with van der Waals surface area (Å²) >= 11 is 0. The molecule has 0 aromatic rings. The number of hydrogen-bond donors (Lipinski definition) is 1. The molecule has 3 aliphatic rings. The first-order chi connectivity index (χ1) is 16.3. The van der Waals surface area contributed by atoms with Crippen molar-refractivity contribution >= 4 is 11.9 Å². The predicted octanol–water partition coefficient (Wildman–Crippen LogP) is 4.72. The van der Waals surface area contributed by atoms with E-state index >= 15 is 0 Å². The van der Waals surface area contributed by atoms with Crippen LogP contribution in [0.3, 0.4) is 0 Å². The van der Waals surface area contributed by atoms with Crippen LogP contribution in [-0.2, 0) is 28.5 Å². The molecule has 198 valence electrons. The minimum Gasteiger partial charge on any atom is -0.469 e. The number of rotatable bonds is 8.